The van der Waals surface area contributed by atoms with E-state index in [0.717, 1.165) is 16.1 Å². The highest BCUT2D eigenvalue weighted by atomic mass is 79.9. The van der Waals surface area contributed by atoms with E-state index in [1.807, 2.05) is 31.2 Å². The molecule has 0 heterocycles. The number of nitro groups is 1. The maximum atomic E-state index is 12.8. The Morgan fingerprint density at radius 3 is 2.40 bits per heavy atom. The summed E-state index contributed by atoms with van der Waals surface area (Å²) in [6, 6.07) is 10.3. The molecule has 134 valence electrons. The van der Waals surface area contributed by atoms with Gasteiger partial charge in [0.15, 0.2) is 0 Å². The SMILES string of the molecule is CCC(NS(=O)(=O)c1cc([N+](=O)[O-])ccc1OC)c1ccc(Br)cc1. The second-order valence-corrected chi connectivity index (χ2v) is 7.82. The number of hydrogen-bond donors (Lipinski definition) is 1. The first-order chi connectivity index (χ1) is 11.8. The summed E-state index contributed by atoms with van der Waals surface area (Å²) in [4.78, 5) is 10.0. The summed E-state index contributed by atoms with van der Waals surface area (Å²) in [5, 5.41) is 11.0. The van der Waals surface area contributed by atoms with E-state index in [9.17, 15) is 18.5 Å². The summed E-state index contributed by atoms with van der Waals surface area (Å²) in [6.07, 6.45) is 0.512. The predicted molar refractivity (Wildman–Crippen MR) is 97.1 cm³/mol. The van der Waals surface area contributed by atoms with Crippen molar-refractivity contribution in [3.8, 4) is 5.75 Å². The van der Waals surface area contributed by atoms with Gasteiger partial charge < -0.3 is 4.74 Å². The average molecular weight is 429 g/mol. The first-order valence-corrected chi connectivity index (χ1v) is 9.66. The van der Waals surface area contributed by atoms with Crippen molar-refractivity contribution in [1.29, 1.82) is 0 Å². The van der Waals surface area contributed by atoms with Crippen LogP contribution in [0.2, 0.25) is 0 Å². The van der Waals surface area contributed by atoms with Crippen LogP contribution in [0.25, 0.3) is 0 Å². The summed E-state index contributed by atoms with van der Waals surface area (Å²) < 4.78 is 34.1. The van der Waals surface area contributed by atoms with E-state index in [2.05, 4.69) is 20.7 Å². The maximum Gasteiger partial charge on any atom is 0.271 e. The van der Waals surface area contributed by atoms with Crippen LogP contribution in [-0.2, 0) is 10.0 Å². The molecule has 0 saturated carbocycles. The second kappa shape index (κ2) is 7.94. The first-order valence-electron chi connectivity index (χ1n) is 7.38. The number of ether oxygens (including phenoxy) is 1. The molecule has 0 fully saturated rings. The Morgan fingerprint density at radius 1 is 1.24 bits per heavy atom. The Bertz CT molecular complexity index is 869. The number of non-ortho nitro benzene ring substituents is 1. The number of benzene rings is 2. The standard InChI is InChI=1S/C16H17BrN2O5S/c1-3-14(11-4-6-12(17)7-5-11)18-25(22,23)16-10-13(19(20)21)8-9-15(16)24-2/h4-10,14,18H,3H2,1-2H3. The summed E-state index contributed by atoms with van der Waals surface area (Å²) in [5.74, 6) is 0.0451. The van der Waals surface area contributed by atoms with Crippen molar-refractivity contribution in [3.63, 3.8) is 0 Å². The second-order valence-electron chi connectivity index (χ2n) is 5.23. The zero-order valence-corrected chi connectivity index (χ0v) is 16.0. The topological polar surface area (TPSA) is 98.5 Å². The minimum atomic E-state index is -4.02. The van der Waals surface area contributed by atoms with E-state index in [0.29, 0.717) is 6.42 Å². The first kappa shape index (κ1) is 19.4. The zero-order chi connectivity index (χ0) is 18.6. The van der Waals surface area contributed by atoms with Crippen LogP contribution in [0.5, 0.6) is 5.75 Å². The summed E-state index contributed by atoms with van der Waals surface area (Å²) in [5.41, 5.74) is 0.469. The molecule has 0 aliphatic rings. The maximum absolute atomic E-state index is 12.8. The third kappa shape index (κ3) is 4.56. The Morgan fingerprint density at radius 2 is 1.88 bits per heavy atom. The molecule has 25 heavy (non-hydrogen) atoms. The van der Waals surface area contributed by atoms with E-state index < -0.39 is 21.0 Å². The lowest BCUT2D eigenvalue weighted by molar-refractivity contribution is -0.385. The van der Waals surface area contributed by atoms with Crippen LogP contribution in [0.15, 0.2) is 51.8 Å². The van der Waals surface area contributed by atoms with Crippen LogP contribution in [-0.4, -0.2) is 20.5 Å². The molecule has 0 aromatic heterocycles. The predicted octanol–water partition coefficient (Wildman–Crippen LogP) is 3.80. The molecule has 7 nitrogen and oxygen atoms in total. The highest BCUT2D eigenvalue weighted by Gasteiger charge is 2.26. The minimum absolute atomic E-state index is 0.0451. The van der Waals surface area contributed by atoms with Gasteiger partial charge in [-0.05, 0) is 30.2 Å². The van der Waals surface area contributed by atoms with Crippen molar-refractivity contribution < 1.29 is 18.1 Å². The van der Waals surface area contributed by atoms with Gasteiger partial charge in [-0.2, -0.15) is 0 Å². The van der Waals surface area contributed by atoms with Crippen LogP contribution < -0.4 is 9.46 Å². The van der Waals surface area contributed by atoms with Crippen molar-refractivity contribution in [2.45, 2.75) is 24.3 Å². The smallest absolute Gasteiger partial charge is 0.271 e. The molecule has 0 radical (unpaired) electrons. The summed E-state index contributed by atoms with van der Waals surface area (Å²) in [7, 11) is -2.71. The monoisotopic (exact) mass is 428 g/mol. The van der Waals surface area contributed by atoms with Crippen molar-refractivity contribution >= 4 is 31.6 Å². The number of hydrogen-bond acceptors (Lipinski definition) is 5. The quantitative estimate of drug-likeness (QED) is 0.533. The molecule has 2 aromatic carbocycles. The third-order valence-corrected chi connectivity index (χ3v) is 5.65. The molecule has 0 amide bonds. The molecule has 1 N–H and O–H groups in total. The van der Waals surface area contributed by atoms with Gasteiger partial charge in [0, 0.05) is 22.6 Å². The Labute approximate surface area is 154 Å². The number of nitrogens with one attached hydrogen (secondary N) is 1. The van der Waals surface area contributed by atoms with Crippen LogP contribution in [0.4, 0.5) is 5.69 Å². The van der Waals surface area contributed by atoms with E-state index in [4.69, 9.17) is 4.74 Å². The van der Waals surface area contributed by atoms with Crippen LogP contribution in [0.1, 0.15) is 24.9 Å². The number of rotatable bonds is 7. The number of halogens is 1. The number of nitro benzene ring substituents is 1. The van der Waals surface area contributed by atoms with Gasteiger partial charge in [-0.15, -0.1) is 0 Å². The van der Waals surface area contributed by atoms with Crippen LogP contribution in [0, 0.1) is 10.1 Å². The van der Waals surface area contributed by atoms with E-state index in [-0.39, 0.29) is 16.3 Å². The molecule has 0 aliphatic heterocycles. The molecule has 1 unspecified atom stereocenters. The molecule has 1 atom stereocenters. The van der Waals surface area contributed by atoms with Gasteiger partial charge in [-0.1, -0.05) is 35.0 Å². The number of methoxy groups -OCH3 is 1. The normalized spacial score (nSPS) is 12.6. The Kier molecular flexibility index (Phi) is 6.15. The molecule has 0 saturated heterocycles. The molecule has 9 heteroatoms. The summed E-state index contributed by atoms with van der Waals surface area (Å²) in [6.45, 7) is 1.85. The van der Waals surface area contributed by atoms with Crippen molar-refractivity contribution in [3.05, 3.63) is 62.6 Å². The molecule has 2 aromatic rings. The molecular weight excluding hydrogens is 412 g/mol. The summed E-state index contributed by atoms with van der Waals surface area (Å²) >= 11 is 3.34. The molecule has 0 aliphatic carbocycles. The fourth-order valence-electron chi connectivity index (χ4n) is 2.32. The van der Waals surface area contributed by atoms with Gasteiger partial charge in [-0.3, -0.25) is 10.1 Å². The van der Waals surface area contributed by atoms with E-state index >= 15 is 0 Å². The zero-order valence-electron chi connectivity index (χ0n) is 13.6. The van der Waals surface area contributed by atoms with Gasteiger partial charge in [-0.25, -0.2) is 13.1 Å². The highest BCUT2D eigenvalue weighted by Crippen LogP contribution is 2.30. The Hall–Kier alpha value is -1.97. The molecule has 0 bridgehead atoms. The van der Waals surface area contributed by atoms with Crippen molar-refractivity contribution in [2.24, 2.45) is 0 Å². The highest BCUT2D eigenvalue weighted by molar-refractivity contribution is 9.10. The minimum Gasteiger partial charge on any atom is -0.495 e. The largest absolute Gasteiger partial charge is 0.495 e. The Balaban J connectivity index is 2.41. The van der Waals surface area contributed by atoms with Gasteiger partial charge in [0.2, 0.25) is 10.0 Å². The molecular formula is C16H17BrN2O5S. The number of sulfonamides is 1. The van der Waals surface area contributed by atoms with Gasteiger partial charge in [0.25, 0.3) is 5.69 Å². The fraction of sp³-hybridized carbons (Fsp3) is 0.250. The van der Waals surface area contributed by atoms with E-state index in [1.54, 1.807) is 0 Å². The van der Waals surface area contributed by atoms with Gasteiger partial charge in [0.05, 0.1) is 12.0 Å². The number of nitrogens with zero attached hydrogens (tertiary/aromatic N) is 1. The lowest BCUT2D eigenvalue weighted by Crippen LogP contribution is -2.28. The lowest BCUT2D eigenvalue weighted by Gasteiger charge is -2.18. The molecule has 2 rings (SSSR count). The van der Waals surface area contributed by atoms with Crippen LogP contribution in [0.3, 0.4) is 0 Å². The fourth-order valence-corrected chi connectivity index (χ4v) is 4.08. The van der Waals surface area contributed by atoms with Crippen LogP contribution >= 0.6 is 15.9 Å². The van der Waals surface area contributed by atoms with E-state index in [1.165, 1.54) is 19.2 Å². The van der Waals surface area contributed by atoms with Crippen molar-refractivity contribution in [2.75, 3.05) is 7.11 Å². The molecule has 0 spiro atoms. The van der Waals surface area contributed by atoms with Gasteiger partial charge >= 0.3 is 0 Å². The van der Waals surface area contributed by atoms with Crippen molar-refractivity contribution in [1.82, 2.24) is 4.72 Å². The lowest BCUT2D eigenvalue weighted by atomic mass is 10.1. The third-order valence-electron chi connectivity index (χ3n) is 3.63. The van der Waals surface area contributed by atoms with Gasteiger partial charge in [0.1, 0.15) is 10.6 Å². The average Bonchev–Trinajstić information content (AvgIpc) is 2.59.